The van der Waals surface area contributed by atoms with Gasteiger partial charge in [0, 0.05) is 23.4 Å². The smallest absolute Gasteiger partial charge is 0.427 e. The Morgan fingerprint density at radius 1 is 1.43 bits per heavy atom. The predicted molar refractivity (Wildman–Crippen MR) is 88.5 cm³/mol. The van der Waals surface area contributed by atoms with Crippen LogP contribution in [0.3, 0.4) is 0 Å². The SMILES string of the molecule is Cc1nc(-c2cccnc2)cn1N(CC#CC(C)(C)C)C(=O)O. The molecule has 0 unspecified atom stereocenters. The van der Waals surface area contributed by atoms with Gasteiger partial charge in [-0.25, -0.2) is 19.5 Å². The van der Waals surface area contributed by atoms with Crippen molar-refractivity contribution in [2.24, 2.45) is 5.41 Å². The molecule has 120 valence electrons. The van der Waals surface area contributed by atoms with Crippen molar-refractivity contribution in [3.8, 4) is 23.1 Å². The second-order valence-electron chi connectivity index (χ2n) is 6.15. The minimum Gasteiger partial charge on any atom is -0.464 e. The van der Waals surface area contributed by atoms with Gasteiger partial charge in [0.25, 0.3) is 0 Å². The van der Waals surface area contributed by atoms with Crippen LogP contribution in [-0.2, 0) is 0 Å². The maximum atomic E-state index is 11.6. The molecule has 2 aromatic heterocycles. The van der Waals surface area contributed by atoms with Gasteiger partial charge in [-0.15, -0.1) is 0 Å². The molecule has 0 radical (unpaired) electrons. The summed E-state index contributed by atoms with van der Waals surface area (Å²) in [6.07, 6.45) is 3.97. The highest BCUT2D eigenvalue weighted by molar-refractivity contribution is 5.77. The van der Waals surface area contributed by atoms with E-state index in [1.807, 2.05) is 32.9 Å². The lowest BCUT2D eigenvalue weighted by atomic mass is 9.98. The van der Waals surface area contributed by atoms with Gasteiger partial charge in [-0.05, 0) is 39.8 Å². The summed E-state index contributed by atoms with van der Waals surface area (Å²) in [6, 6.07) is 3.69. The molecular formula is C17H20N4O2. The van der Waals surface area contributed by atoms with E-state index in [2.05, 4.69) is 21.8 Å². The minimum absolute atomic E-state index is 0.0796. The summed E-state index contributed by atoms with van der Waals surface area (Å²) >= 11 is 0. The molecule has 6 nitrogen and oxygen atoms in total. The van der Waals surface area contributed by atoms with Crippen molar-refractivity contribution in [3.63, 3.8) is 0 Å². The maximum Gasteiger partial charge on any atom is 0.427 e. The Morgan fingerprint density at radius 3 is 2.74 bits per heavy atom. The number of aryl methyl sites for hydroxylation is 1. The Kier molecular flexibility index (Phi) is 4.70. The Hall–Kier alpha value is -2.81. The topological polar surface area (TPSA) is 71.2 Å². The number of aromatic nitrogens is 3. The molecule has 0 spiro atoms. The summed E-state index contributed by atoms with van der Waals surface area (Å²) in [6.45, 7) is 7.78. The van der Waals surface area contributed by atoms with Crippen molar-refractivity contribution < 1.29 is 9.90 Å². The summed E-state index contributed by atoms with van der Waals surface area (Å²) in [5, 5.41) is 10.6. The third kappa shape index (κ3) is 4.33. The maximum absolute atomic E-state index is 11.6. The summed E-state index contributed by atoms with van der Waals surface area (Å²) in [7, 11) is 0. The number of amides is 1. The van der Waals surface area contributed by atoms with Crippen LogP contribution in [0.4, 0.5) is 4.79 Å². The Morgan fingerprint density at radius 2 is 2.17 bits per heavy atom. The van der Waals surface area contributed by atoms with E-state index >= 15 is 0 Å². The zero-order chi connectivity index (χ0) is 17.0. The molecule has 6 heteroatoms. The quantitative estimate of drug-likeness (QED) is 0.885. The third-order valence-electron chi connectivity index (χ3n) is 2.99. The highest BCUT2D eigenvalue weighted by atomic mass is 16.4. The fourth-order valence-corrected chi connectivity index (χ4v) is 1.98. The number of carbonyl (C=O) groups is 1. The molecular weight excluding hydrogens is 292 g/mol. The van der Waals surface area contributed by atoms with Crippen molar-refractivity contribution in [1.82, 2.24) is 14.6 Å². The van der Waals surface area contributed by atoms with Gasteiger partial charge in [0.1, 0.15) is 12.4 Å². The molecule has 0 fully saturated rings. The summed E-state index contributed by atoms with van der Waals surface area (Å²) < 4.78 is 1.50. The number of nitrogens with zero attached hydrogens (tertiary/aromatic N) is 4. The molecule has 0 atom stereocenters. The van der Waals surface area contributed by atoms with Crippen LogP contribution >= 0.6 is 0 Å². The average Bonchev–Trinajstić information content (AvgIpc) is 2.85. The van der Waals surface area contributed by atoms with Gasteiger partial charge < -0.3 is 5.11 Å². The van der Waals surface area contributed by atoms with Gasteiger partial charge in [0.15, 0.2) is 0 Å². The van der Waals surface area contributed by atoms with Gasteiger partial charge in [-0.2, -0.15) is 0 Å². The van der Waals surface area contributed by atoms with Crippen LogP contribution < -0.4 is 5.01 Å². The normalized spacial score (nSPS) is 10.8. The van der Waals surface area contributed by atoms with E-state index < -0.39 is 6.09 Å². The Bertz CT molecular complexity index is 748. The highest BCUT2D eigenvalue weighted by Crippen LogP contribution is 2.17. The minimum atomic E-state index is -1.08. The molecule has 0 bridgehead atoms. The summed E-state index contributed by atoms with van der Waals surface area (Å²) in [4.78, 5) is 20.0. The lowest BCUT2D eigenvalue weighted by molar-refractivity contribution is 0.195. The molecule has 1 amide bonds. The second-order valence-corrected chi connectivity index (χ2v) is 6.15. The molecule has 0 aromatic carbocycles. The zero-order valence-corrected chi connectivity index (χ0v) is 13.7. The summed E-state index contributed by atoms with van der Waals surface area (Å²) in [5.41, 5.74) is 1.33. The van der Waals surface area contributed by atoms with Crippen LogP contribution in [0.15, 0.2) is 30.7 Å². The van der Waals surface area contributed by atoms with Crippen molar-refractivity contribution in [3.05, 3.63) is 36.5 Å². The first kappa shape index (κ1) is 16.6. The predicted octanol–water partition coefficient (Wildman–Crippen LogP) is 2.92. The van der Waals surface area contributed by atoms with E-state index in [-0.39, 0.29) is 12.0 Å². The largest absolute Gasteiger partial charge is 0.464 e. The van der Waals surface area contributed by atoms with Gasteiger partial charge in [0.05, 0.1) is 11.9 Å². The first-order valence-corrected chi connectivity index (χ1v) is 7.25. The van der Waals surface area contributed by atoms with Crippen LogP contribution in [0.1, 0.15) is 26.6 Å². The molecule has 0 aliphatic heterocycles. The Balaban J connectivity index is 2.31. The number of rotatable bonds is 3. The number of imidazole rings is 1. The second kappa shape index (κ2) is 6.53. The molecule has 0 saturated heterocycles. The van der Waals surface area contributed by atoms with Gasteiger partial charge in [-0.1, -0.05) is 11.8 Å². The lowest BCUT2D eigenvalue weighted by Crippen LogP contribution is -2.40. The molecule has 2 heterocycles. The van der Waals surface area contributed by atoms with Crippen LogP contribution in [-0.4, -0.2) is 32.4 Å². The first-order valence-electron chi connectivity index (χ1n) is 7.25. The molecule has 0 aliphatic carbocycles. The van der Waals surface area contributed by atoms with E-state index in [9.17, 15) is 9.90 Å². The number of pyridine rings is 1. The fourth-order valence-electron chi connectivity index (χ4n) is 1.98. The van der Waals surface area contributed by atoms with E-state index in [1.54, 1.807) is 25.5 Å². The lowest BCUT2D eigenvalue weighted by Gasteiger charge is -2.18. The van der Waals surface area contributed by atoms with Crippen LogP contribution in [0.5, 0.6) is 0 Å². The highest BCUT2D eigenvalue weighted by Gasteiger charge is 2.17. The van der Waals surface area contributed by atoms with Gasteiger partial charge in [0.2, 0.25) is 0 Å². The van der Waals surface area contributed by atoms with E-state index in [4.69, 9.17) is 0 Å². The molecule has 2 rings (SSSR count). The standard InChI is InChI=1S/C17H20N4O2/c1-13-19-15(14-7-5-9-18-11-14)12-21(13)20(16(22)23)10-6-8-17(2,3)4/h5,7,9,11-12H,10H2,1-4H3,(H,22,23). The molecule has 1 N–H and O–H groups in total. The van der Waals surface area contributed by atoms with Crippen molar-refractivity contribution >= 4 is 6.09 Å². The zero-order valence-electron chi connectivity index (χ0n) is 13.7. The number of hydrogen-bond acceptors (Lipinski definition) is 3. The fraction of sp³-hybridized carbons (Fsp3) is 0.353. The van der Waals surface area contributed by atoms with Crippen LogP contribution in [0, 0.1) is 24.2 Å². The van der Waals surface area contributed by atoms with Crippen LogP contribution in [0.2, 0.25) is 0 Å². The number of hydrogen-bond donors (Lipinski definition) is 1. The Labute approximate surface area is 135 Å². The average molecular weight is 312 g/mol. The van der Waals surface area contributed by atoms with Crippen molar-refractivity contribution in [1.29, 1.82) is 0 Å². The summed E-state index contributed by atoms with van der Waals surface area (Å²) in [5.74, 6) is 6.52. The van der Waals surface area contributed by atoms with E-state index in [1.165, 1.54) is 4.68 Å². The third-order valence-corrected chi connectivity index (χ3v) is 2.99. The molecule has 0 saturated carbocycles. The van der Waals surface area contributed by atoms with Crippen LogP contribution in [0.25, 0.3) is 11.3 Å². The van der Waals surface area contributed by atoms with Gasteiger partial charge in [-0.3, -0.25) is 4.98 Å². The van der Waals surface area contributed by atoms with Gasteiger partial charge >= 0.3 is 6.09 Å². The van der Waals surface area contributed by atoms with Crippen molar-refractivity contribution in [2.45, 2.75) is 27.7 Å². The monoisotopic (exact) mass is 312 g/mol. The van der Waals surface area contributed by atoms with E-state index in [0.29, 0.717) is 11.5 Å². The first-order chi connectivity index (χ1) is 10.8. The van der Waals surface area contributed by atoms with E-state index in [0.717, 1.165) is 10.6 Å². The van der Waals surface area contributed by atoms with Crippen molar-refractivity contribution in [2.75, 3.05) is 11.6 Å². The number of carboxylic acid groups (broad SMARTS) is 1. The molecule has 23 heavy (non-hydrogen) atoms. The molecule has 0 aliphatic rings. The molecule has 2 aromatic rings.